The average Bonchev–Trinajstić information content (AvgIpc) is 3.22. The van der Waals surface area contributed by atoms with Gasteiger partial charge >= 0.3 is 5.97 Å². The molecule has 1 aromatic rings. The Morgan fingerprint density at radius 3 is 2.50 bits per heavy atom. The third kappa shape index (κ3) is 3.96. The number of carbonyl (C=O) groups excluding carboxylic acids is 1. The highest BCUT2D eigenvalue weighted by Crippen LogP contribution is 2.27. The monoisotopic (exact) mass is 341 g/mol. The number of carboxylic acids is 1. The van der Waals surface area contributed by atoms with Crippen molar-refractivity contribution >= 4 is 27.8 Å². The molecule has 1 aromatic carbocycles. The highest BCUT2D eigenvalue weighted by atomic mass is 79.9. The lowest BCUT2D eigenvalue weighted by atomic mass is 10.3. The van der Waals surface area contributed by atoms with E-state index in [9.17, 15) is 9.59 Å². The van der Waals surface area contributed by atoms with E-state index in [0.29, 0.717) is 5.75 Å². The molecule has 6 heteroatoms. The highest BCUT2D eigenvalue weighted by molar-refractivity contribution is 9.10. The van der Waals surface area contributed by atoms with Crippen LogP contribution in [0.1, 0.15) is 19.8 Å². The Morgan fingerprint density at radius 2 is 2.00 bits per heavy atom. The SMILES string of the molecule is CC(Oc1ccc(Br)cc1)C(=O)N(CC(=O)O)C1CC1. The van der Waals surface area contributed by atoms with Crippen LogP contribution in [0.5, 0.6) is 5.75 Å². The van der Waals surface area contributed by atoms with Crippen LogP contribution in [0.2, 0.25) is 0 Å². The first-order valence-corrected chi connectivity index (χ1v) is 7.21. The van der Waals surface area contributed by atoms with E-state index in [1.807, 2.05) is 12.1 Å². The van der Waals surface area contributed by atoms with Crippen LogP contribution in [-0.2, 0) is 9.59 Å². The molecule has 0 bridgehead atoms. The van der Waals surface area contributed by atoms with Crippen LogP contribution in [-0.4, -0.2) is 40.6 Å². The van der Waals surface area contributed by atoms with E-state index in [2.05, 4.69) is 15.9 Å². The number of benzene rings is 1. The molecule has 20 heavy (non-hydrogen) atoms. The molecule has 0 spiro atoms. The highest BCUT2D eigenvalue weighted by Gasteiger charge is 2.36. The third-order valence-electron chi connectivity index (χ3n) is 3.05. The van der Waals surface area contributed by atoms with Gasteiger partial charge in [0.2, 0.25) is 0 Å². The number of halogens is 1. The lowest BCUT2D eigenvalue weighted by Gasteiger charge is -2.24. The van der Waals surface area contributed by atoms with Gasteiger partial charge in [-0.1, -0.05) is 15.9 Å². The number of carbonyl (C=O) groups is 2. The predicted molar refractivity (Wildman–Crippen MR) is 76.6 cm³/mol. The zero-order valence-corrected chi connectivity index (χ0v) is 12.7. The maximum atomic E-state index is 12.3. The Labute approximate surface area is 125 Å². The first kappa shape index (κ1) is 14.8. The number of amides is 1. The van der Waals surface area contributed by atoms with E-state index in [0.717, 1.165) is 17.3 Å². The molecule has 0 radical (unpaired) electrons. The molecule has 0 saturated heterocycles. The second-order valence-electron chi connectivity index (χ2n) is 4.81. The van der Waals surface area contributed by atoms with E-state index in [1.165, 1.54) is 4.90 Å². The summed E-state index contributed by atoms with van der Waals surface area (Å²) in [7, 11) is 0. The van der Waals surface area contributed by atoms with Crippen LogP contribution < -0.4 is 4.74 Å². The number of ether oxygens (including phenoxy) is 1. The minimum Gasteiger partial charge on any atom is -0.481 e. The summed E-state index contributed by atoms with van der Waals surface area (Å²) < 4.78 is 6.49. The molecule has 1 aliphatic carbocycles. The van der Waals surface area contributed by atoms with Crippen LogP contribution >= 0.6 is 15.9 Å². The van der Waals surface area contributed by atoms with E-state index in [-0.39, 0.29) is 18.5 Å². The van der Waals surface area contributed by atoms with Gasteiger partial charge in [0.1, 0.15) is 12.3 Å². The van der Waals surface area contributed by atoms with Crippen molar-refractivity contribution in [2.45, 2.75) is 31.9 Å². The second-order valence-corrected chi connectivity index (χ2v) is 5.72. The smallest absolute Gasteiger partial charge is 0.323 e. The molecule has 0 heterocycles. The predicted octanol–water partition coefficient (Wildman–Crippen LogP) is 2.29. The van der Waals surface area contributed by atoms with Crippen LogP contribution in [0.4, 0.5) is 0 Å². The molecule has 1 saturated carbocycles. The molecule has 0 aromatic heterocycles. The number of carboxylic acid groups (broad SMARTS) is 1. The Morgan fingerprint density at radius 1 is 1.40 bits per heavy atom. The molecule has 1 unspecified atom stereocenters. The molecular formula is C14H16BrNO4. The fraction of sp³-hybridized carbons (Fsp3) is 0.429. The van der Waals surface area contributed by atoms with Gasteiger partial charge in [0.15, 0.2) is 6.10 Å². The van der Waals surface area contributed by atoms with Crippen molar-refractivity contribution in [3.05, 3.63) is 28.7 Å². The van der Waals surface area contributed by atoms with Gasteiger partial charge in [0.05, 0.1) is 0 Å². The van der Waals surface area contributed by atoms with Crippen LogP contribution in [0.25, 0.3) is 0 Å². The molecule has 2 rings (SSSR count). The van der Waals surface area contributed by atoms with E-state index in [4.69, 9.17) is 9.84 Å². The number of hydrogen-bond acceptors (Lipinski definition) is 3. The summed E-state index contributed by atoms with van der Waals surface area (Å²) in [6.45, 7) is 1.37. The van der Waals surface area contributed by atoms with E-state index in [1.54, 1.807) is 19.1 Å². The second kappa shape index (κ2) is 6.26. The number of hydrogen-bond donors (Lipinski definition) is 1. The maximum Gasteiger partial charge on any atom is 0.323 e. The zero-order valence-electron chi connectivity index (χ0n) is 11.1. The summed E-state index contributed by atoms with van der Waals surface area (Å²) in [6.07, 6.45) is 1.03. The van der Waals surface area contributed by atoms with Crippen molar-refractivity contribution in [3.63, 3.8) is 0 Å². The molecule has 1 aliphatic rings. The van der Waals surface area contributed by atoms with Crippen molar-refractivity contribution < 1.29 is 19.4 Å². The van der Waals surface area contributed by atoms with Crippen molar-refractivity contribution in [1.29, 1.82) is 0 Å². The van der Waals surface area contributed by atoms with Gasteiger partial charge in [-0.05, 0) is 44.0 Å². The summed E-state index contributed by atoms with van der Waals surface area (Å²) in [6, 6.07) is 7.21. The van der Waals surface area contributed by atoms with Gasteiger partial charge in [-0.25, -0.2) is 0 Å². The quantitative estimate of drug-likeness (QED) is 0.861. The molecule has 0 aliphatic heterocycles. The summed E-state index contributed by atoms with van der Waals surface area (Å²) in [5.41, 5.74) is 0. The van der Waals surface area contributed by atoms with Gasteiger partial charge in [-0.15, -0.1) is 0 Å². The number of rotatable bonds is 6. The van der Waals surface area contributed by atoms with Crippen molar-refractivity contribution in [2.24, 2.45) is 0 Å². The normalized spacial score (nSPS) is 15.5. The van der Waals surface area contributed by atoms with Gasteiger partial charge in [-0.3, -0.25) is 9.59 Å². The summed E-state index contributed by atoms with van der Waals surface area (Å²) in [5, 5.41) is 8.87. The van der Waals surface area contributed by atoms with Crippen LogP contribution in [0, 0.1) is 0 Å². The van der Waals surface area contributed by atoms with Gasteiger partial charge in [0, 0.05) is 10.5 Å². The topological polar surface area (TPSA) is 66.8 Å². The van der Waals surface area contributed by atoms with Gasteiger partial charge < -0.3 is 14.7 Å². The fourth-order valence-corrected chi connectivity index (χ4v) is 2.18. The van der Waals surface area contributed by atoms with Gasteiger partial charge in [-0.2, -0.15) is 0 Å². The maximum absolute atomic E-state index is 12.3. The molecule has 1 atom stereocenters. The number of aliphatic carboxylic acids is 1. The Bertz CT molecular complexity index is 498. The first-order valence-electron chi connectivity index (χ1n) is 6.42. The lowest BCUT2D eigenvalue weighted by molar-refractivity contribution is -0.148. The van der Waals surface area contributed by atoms with E-state index < -0.39 is 12.1 Å². The molecule has 1 fully saturated rings. The van der Waals surface area contributed by atoms with Crippen LogP contribution in [0.3, 0.4) is 0 Å². The molecule has 108 valence electrons. The lowest BCUT2D eigenvalue weighted by Crippen LogP contribution is -2.44. The zero-order chi connectivity index (χ0) is 14.7. The molecule has 1 amide bonds. The fourth-order valence-electron chi connectivity index (χ4n) is 1.92. The standard InChI is InChI=1S/C14H16BrNO4/c1-9(20-12-6-2-10(15)3-7-12)14(19)16(8-13(17)18)11-4-5-11/h2-3,6-7,9,11H,4-5,8H2,1H3,(H,17,18). The Balaban J connectivity index is 1.99. The summed E-state index contributed by atoms with van der Waals surface area (Å²) in [5.74, 6) is -0.695. The minimum absolute atomic E-state index is 0.0505. The number of nitrogens with zero attached hydrogens (tertiary/aromatic N) is 1. The largest absolute Gasteiger partial charge is 0.481 e. The van der Waals surface area contributed by atoms with E-state index >= 15 is 0 Å². The molecular weight excluding hydrogens is 326 g/mol. The van der Waals surface area contributed by atoms with Crippen molar-refractivity contribution in [3.8, 4) is 5.75 Å². The van der Waals surface area contributed by atoms with Crippen molar-refractivity contribution in [2.75, 3.05) is 6.54 Å². The first-order chi connectivity index (χ1) is 9.47. The average molecular weight is 342 g/mol. The minimum atomic E-state index is -0.999. The Kier molecular flexibility index (Phi) is 4.65. The third-order valence-corrected chi connectivity index (χ3v) is 3.58. The Hall–Kier alpha value is -1.56. The molecule has 5 nitrogen and oxygen atoms in total. The summed E-state index contributed by atoms with van der Waals surface area (Å²) >= 11 is 3.32. The van der Waals surface area contributed by atoms with Crippen LogP contribution in [0.15, 0.2) is 28.7 Å². The van der Waals surface area contributed by atoms with Crippen molar-refractivity contribution in [1.82, 2.24) is 4.90 Å². The summed E-state index contributed by atoms with van der Waals surface area (Å²) in [4.78, 5) is 24.5. The molecule has 1 N–H and O–H groups in total. The van der Waals surface area contributed by atoms with Gasteiger partial charge in [0.25, 0.3) is 5.91 Å².